The maximum Gasteiger partial charge on any atom is 0.124 e. The van der Waals surface area contributed by atoms with Crippen LogP contribution in [0.1, 0.15) is 26.2 Å². The first-order chi connectivity index (χ1) is 6.16. The van der Waals surface area contributed by atoms with Crippen molar-refractivity contribution in [3.8, 4) is 0 Å². The van der Waals surface area contributed by atoms with E-state index in [1.165, 1.54) is 12.8 Å². The van der Waals surface area contributed by atoms with E-state index in [4.69, 9.17) is 0 Å². The molecule has 2 nitrogen and oxygen atoms in total. The van der Waals surface area contributed by atoms with Crippen LogP contribution < -0.4 is 0 Å². The zero-order chi connectivity index (χ0) is 9.84. The van der Waals surface area contributed by atoms with Gasteiger partial charge in [-0.3, -0.25) is 4.99 Å². The molecule has 1 aliphatic carbocycles. The van der Waals surface area contributed by atoms with Gasteiger partial charge in [0.2, 0.25) is 0 Å². The molecule has 1 N–H and O–H groups in total. The number of nitrogens with zero attached hydrogens (tertiary/aromatic N) is 1. The van der Waals surface area contributed by atoms with Gasteiger partial charge < -0.3 is 5.11 Å². The molecular formula is C10H14BrNO. The predicted molar refractivity (Wildman–Crippen MR) is 59.2 cm³/mol. The lowest BCUT2D eigenvalue weighted by Crippen LogP contribution is -1.89. The van der Waals surface area contributed by atoms with Crippen molar-refractivity contribution in [1.29, 1.82) is 0 Å². The van der Waals surface area contributed by atoms with E-state index in [1.807, 2.05) is 13.1 Å². The molecular weight excluding hydrogens is 230 g/mol. The van der Waals surface area contributed by atoms with Crippen LogP contribution in [0.25, 0.3) is 0 Å². The molecule has 0 radical (unpaired) electrons. The van der Waals surface area contributed by atoms with Gasteiger partial charge in [0, 0.05) is 12.1 Å². The van der Waals surface area contributed by atoms with Crippen molar-refractivity contribution < 1.29 is 5.11 Å². The Morgan fingerprint density at radius 1 is 1.69 bits per heavy atom. The fourth-order valence-electron chi connectivity index (χ4n) is 1.04. The molecule has 0 aliphatic heterocycles. The van der Waals surface area contributed by atoms with Crippen LogP contribution in [0.15, 0.2) is 27.5 Å². The topological polar surface area (TPSA) is 32.6 Å². The Morgan fingerprint density at radius 3 is 2.69 bits per heavy atom. The lowest BCUT2D eigenvalue weighted by atomic mass is 10.2. The van der Waals surface area contributed by atoms with Gasteiger partial charge in [-0.25, -0.2) is 0 Å². The highest BCUT2D eigenvalue weighted by Crippen LogP contribution is 2.41. The number of rotatable bonds is 4. The van der Waals surface area contributed by atoms with E-state index in [0.717, 1.165) is 12.1 Å². The van der Waals surface area contributed by atoms with Gasteiger partial charge >= 0.3 is 0 Å². The Hall–Kier alpha value is -0.570. The SMILES string of the molecule is C=C(O)/C(Br)=C(\N=CCC)C1CC1. The zero-order valence-corrected chi connectivity index (χ0v) is 9.34. The zero-order valence-electron chi connectivity index (χ0n) is 7.76. The second-order valence-electron chi connectivity index (χ2n) is 3.14. The monoisotopic (exact) mass is 243 g/mol. The predicted octanol–water partition coefficient (Wildman–Crippen LogP) is 3.56. The quantitative estimate of drug-likeness (QED) is 0.457. The standard InChI is InChI=1S/C10H14BrNO/c1-3-6-12-10(8-4-5-8)9(11)7(2)13/h6,8,13H,2-5H2,1H3/b10-9+,12-6?. The van der Waals surface area contributed by atoms with Gasteiger partial charge in [0.15, 0.2) is 0 Å². The smallest absolute Gasteiger partial charge is 0.124 e. The van der Waals surface area contributed by atoms with Crippen molar-refractivity contribution in [2.24, 2.45) is 10.9 Å². The number of hydrogen-bond acceptors (Lipinski definition) is 2. The third-order valence-electron chi connectivity index (χ3n) is 1.86. The number of halogens is 1. The molecule has 0 unspecified atom stereocenters. The van der Waals surface area contributed by atoms with Gasteiger partial charge in [-0.1, -0.05) is 13.5 Å². The van der Waals surface area contributed by atoms with E-state index in [1.54, 1.807) is 0 Å². The number of aliphatic imine (C=N–C) groups is 1. The van der Waals surface area contributed by atoms with Crippen molar-refractivity contribution in [3.05, 3.63) is 22.5 Å². The Bertz CT molecular complexity index is 264. The van der Waals surface area contributed by atoms with Crippen LogP contribution >= 0.6 is 15.9 Å². The molecule has 0 heterocycles. The minimum Gasteiger partial charge on any atom is -0.507 e. The summed E-state index contributed by atoms with van der Waals surface area (Å²) in [4.78, 5) is 4.31. The average Bonchev–Trinajstić information content (AvgIpc) is 2.88. The van der Waals surface area contributed by atoms with E-state index < -0.39 is 0 Å². The molecule has 72 valence electrons. The average molecular weight is 244 g/mol. The van der Waals surface area contributed by atoms with Crippen LogP contribution in [-0.4, -0.2) is 11.3 Å². The summed E-state index contributed by atoms with van der Waals surface area (Å²) < 4.78 is 0.653. The van der Waals surface area contributed by atoms with Crippen LogP contribution in [0.5, 0.6) is 0 Å². The molecule has 0 saturated heterocycles. The van der Waals surface area contributed by atoms with Crippen molar-refractivity contribution in [1.82, 2.24) is 0 Å². The normalized spacial score (nSPS) is 18.9. The molecule has 0 spiro atoms. The fourth-order valence-corrected chi connectivity index (χ4v) is 1.46. The molecule has 1 saturated carbocycles. The van der Waals surface area contributed by atoms with E-state index in [-0.39, 0.29) is 5.76 Å². The lowest BCUT2D eigenvalue weighted by Gasteiger charge is -2.02. The van der Waals surface area contributed by atoms with Crippen molar-refractivity contribution in [3.63, 3.8) is 0 Å². The second kappa shape index (κ2) is 4.61. The maximum atomic E-state index is 9.19. The summed E-state index contributed by atoms with van der Waals surface area (Å²) in [6, 6.07) is 0. The number of aliphatic hydroxyl groups is 1. The molecule has 0 bridgehead atoms. The van der Waals surface area contributed by atoms with Crippen molar-refractivity contribution in [2.45, 2.75) is 26.2 Å². The summed E-state index contributed by atoms with van der Waals surface area (Å²) in [7, 11) is 0. The first-order valence-corrected chi connectivity index (χ1v) is 5.26. The molecule has 3 heteroatoms. The Balaban J connectivity index is 2.82. The number of allylic oxidation sites excluding steroid dienone is 2. The molecule has 0 atom stereocenters. The van der Waals surface area contributed by atoms with Crippen LogP contribution in [0, 0.1) is 5.92 Å². The Morgan fingerprint density at radius 2 is 2.31 bits per heavy atom. The largest absolute Gasteiger partial charge is 0.507 e. The molecule has 0 aromatic heterocycles. The summed E-state index contributed by atoms with van der Waals surface area (Å²) in [5.74, 6) is 0.580. The van der Waals surface area contributed by atoms with Gasteiger partial charge in [-0.2, -0.15) is 0 Å². The first kappa shape index (κ1) is 10.5. The van der Waals surface area contributed by atoms with Crippen LogP contribution in [0.3, 0.4) is 0 Å². The minimum absolute atomic E-state index is 0.0650. The molecule has 1 aliphatic rings. The lowest BCUT2D eigenvalue weighted by molar-refractivity contribution is 0.432. The van der Waals surface area contributed by atoms with E-state index in [2.05, 4.69) is 27.5 Å². The molecule has 0 amide bonds. The first-order valence-electron chi connectivity index (χ1n) is 4.47. The molecule has 0 aromatic carbocycles. The third kappa shape index (κ3) is 2.99. The van der Waals surface area contributed by atoms with Gasteiger partial charge in [-0.05, 0) is 35.2 Å². The molecule has 1 rings (SSSR count). The highest BCUT2D eigenvalue weighted by atomic mass is 79.9. The number of aliphatic hydroxyl groups excluding tert-OH is 1. The van der Waals surface area contributed by atoms with Crippen molar-refractivity contribution >= 4 is 22.1 Å². The summed E-state index contributed by atoms with van der Waals surface area (Å²) in [6.45, 7) is 5.51. The highest BCUT2D eigenvalue weighted by Gasteiger charge is 2.28. The van der Waals surface area contributed by atoms with Crippen LogP contribution in [0.2, 0.25) is 0 Å². The summed E-state index contributed by atoms with van der Waals surface area (Å²) in [6.07, 6.45) is 5.10. The van der Waals surface area contributed by atoms with E-state index >= 15 is 0 Å². The van der Waals surface area contributed by atoms with Gasteiger partial charge in [-0.15, -0.1) is 0 Å². The van der Waals surface area contributed by atoms with Crippen LogP contribution in [0.4, 0.5) is 0 Å². The molecule has 1 fully saturated rings. The van der Waals surface area contributed by atoms with Gasteiger partial charge in [0.1, 0.15) is 5.76 Å². The van der Waals surface area contributed by atoms with Crippen LogP contribution in [-0.2, 0) is 0 Å². The summed E-state index contributed by atoms with van der Waals surface area (Å²) in [5, 5.41) is 9.19. The second-order valence-corrected chi connectivity index (χ2v) is 3.93. The Kier molecular flexibility index (Phi) is 3.72. The molecule has 0 aromatic rings. The summed E-state index contributed by atoms with van der Waals surface area (Å²) in [5.41, 5.74) is 0.939. The minimum atomic E-state index is 0.0650. The number of hydrogen-bond donors (Lipinski definition) is 1. The van der Waals surface area contributed by atoms with Crippen molar-refractivity contribution in [2.75, 3.05) is 0 Å². The third-order valence-corrected chi connectivity index (χ3v) is 2.72. The maximum absolute atomic E-state index is 9.19. The summed E-state index contributed by atoms with van der Waals surface area (Å²) >= 11 is 3.30. The highest BCUT2D eigenvalue weighted by molar-refractivity contribution is 9.12. The Labute approximate surface area is 87.2 Å². The van der Waals surface area contributed by atoms with E-state index in [0.29, 0.717) is 10.4 Å². The van der Waals surface area contributed by atoms with Gasteiger partial charge in [0.25, 0.3) is 0 Å². The van der Waals surface area contributed by atoms with E-state index in [9.17, 15) is 5.11 Å². The fraction of sp³-hybridized carbons (Fsp3) is 0.500. The van der Waals surface area contributed by atoms with Gasteiger partial charge in [0.05, 0.1) is 10.2 Å². The molecule has 13 heavy (non-hydrogen) atoms.